The van der Waals surface area contributed by atoms with Gasteiger partial charge in [-0.25, -0.2) is 0 Å². The van der Waals surface area contributed by atoms with Crippen LogP contribution in [0.1, 0.15) is 33.1 Å². The van der Waals surface area contributed by atoms with Crippen LogP contribution in [0.4, 0.5) is 0 Å². The average Bonchev–Trinajstić information content (AvgIpc) is 2.74. The summed E-state index contributed by atoms with van der Waals surface area (Å²) in [6.45, 7) is 2.30. The monoisotopic (exact) mass is 263 g/mol. The van der Waals surface area contributed by atoms with Gasteiger partial charge in [0.25, 0.3) is 5.91 Å². The van der Waals surface area contributed by atoms with Crippen LogP contribution in [0.15, 0.2) is 42.7 Å². The summed E-state index contributed by atoms with van der Waals surface area (Å²) in [5.41, 5.74) is 3.32. The number of carbonyl (C=O) groups is 1. The number of nitriles is 1. The van der Waals surface area contributed by atoms with Crippen molar-refractivity contribution < 1.29 is 4.79 Å². The number of hydrogen-bond acceptors (Lipinski definition) is 3. The molecule has 1 atom stereocenters. The number of pyridine rings is 1. The van der Waals surface area contributed by atoms with Gasteiger partial charge in [-0.15, -0.1) is 0 Å². The van der Waals surface area contributed by atoms with Gasteiger partial charge in [0.1, 0.15) is 6.04 Å². The van der Waals surface area contributed by atoms with E-state index in [9.17, 15) is 10.1 Å². The largest absolute Gasteiger partial charge is 0.314 e. The highest BCUT2D eigenvalue weighted by atomic mass is 16.2. The van der Waals surface area contributed by atoms with E-state index in [0.29, 0.717) is 12.1 Å². The molecule has 4 heteroatoms. The molecule has 2 heterocycles. The maximum Gasteiger partial charge on any atom is 0.256 e. The Bertz CT molecular complexity index is 703. The molecule has 1 aliphatic heterocycles. The summed E-state index contributed by atoms with van der Waals surface area (Å²) in [5, 5.41) is 9.41. The van der Waals surface area contributed by atoms with Crippen LogP contribution < -0.4 is 0 Å². The Morgan fingerprint density at radius 3 is 2.90 bits per heavy atom. The maximum atomic E-state index is 12.5. The SMILES string of the molecule is Cc1cccc2c1C(=O)N(Cc1cccnc1)C2C#N. The minimum Gasteiger partial charge on any atom is -0.314 e. The molecule has 1 aliphatic rings. The minimum absolute atomic E-state index is 0.0755. The molecule has 20 heavy (non-hydrogen) atoms. The van der Waals surface area contributed by atoms with Gasteiger partial charge in [0.15, 0.2) is 0 Å². The Balaban J connectivity index is 2.01. The third-order valence-corrected chi connectivity index (χ3v) is 3.58. The van der Waals surface area contributed by atoms with E-state index in [1.54, 1.807) is 17.3 Å². The van der Waals surface area contributed by atoms with E-state index in [1.807, 2.05) is 37.3 Å². The molecule has 1 unspecified atom stereocenters. The number of nitrogens with zero attached hydrogens (tertiary/aromatic N) is 3. The summed E-state index contributed by atoms with van der Waals surface area (Å²) < 4.78 is 0. The molecule has 4 nitrogen and oxygen atoms in total. The van der Waals surface area contributed by atoms with Crippen LogP contribution in [0.5, 0.6) is 0 Å². The fourth-order valence-electron chi connectivity index (χ4n) is 2.63. The summed E-state index contributed by atoms with van der Waals surface area (Å²) in [5.74, 6) is -0.0755. The predicted octanol–water partition coefficient (Wildman–Crippen LogP) is 2.61. The van der Waals surface area contributed by atoms with Gasteiger partial charge in [-0.3, -0.25) is 9.78 Å². The Morgan fingerprint density at radius 2 is 2.20 bits per heavy atom. The van der Waals surface area contributed by atoms with Crippen LogP contribution in [0.25, 0.3) is 0 Å². The lowest BCUT2D eigenvalue weighted by Gasteiger charge is -2.19. The zero-order valence-corrected chi connectivity index (χ0v) is 11.1. The van der Waals surface area contributed by atoms with Gasteiger partial charge in [-0.1, -0.05) is 24.3 Å². The van der Waals surface area contributed by atoms with Gasteiger partial charge in [-0.05, 0) is 24.1 Å². The van der Waals surface area contributed by atoms with Crippen LogP contribution in [0, 0.1) is 18.3 Å². The van der Waals surface area contributed by atoms with E-state index in [4.69, 9.17) is 0 Å². The van der Waals surface area contributed by atoms with Crippen molar-refractivity contribution in [2.75, 3.05) is 0 Å². The summed E-state index contributed by atoms with van der Waals surface area (Å²) in [4.78, 5) is 18.2. The molecule has 0 fully saturated rings. The smallest absolute Gasteiger partial charge is 0.256 e. The molecule has 0 saturated heterocycles. The molecule has 0 aliphatic carbocycles. The van der Waals surface area contributed by atoms with Gasteiger partial charge < -0.3 is 4.90 Å². The van der Waals surface area contributed by atoms with E-state index in [0.717, 1.165) is 16.7 Å². The van der Waals surface area contributed by atoms with Crippen molar-refractivity contribution >= 4 is 5.91 Å². The van der Waals surface area contributed by atoms with Gasteiger partial charge in [0.2, 0.25) is 0 Å². The summed E-state index contributed by atoms with van der Waals surface area (Å²) in [6.07, 6.45) is 3.41. The van der Waals surface area contributed by atoms with Gasteiger partial charge >= 0.3 is 0 Å². The van der Waals surface area contributed by atoms with Crippen molar-refractivity contribution in [1.82, 2.24) is 9.88 Å². The van der Waals surface area contributed by atoms with E-state index >= 15 is 0 Å². The number of aryl methyl sites for hydroxylation is 1. The fraction of sp³-hybridized carbons (Fsp3) is 0.188. The molecule has 1 aromatic heterocycles. The number of aromatic nitrogens is 1. The van der Waals surface area contributed by atoms with Gasteiger partial charge in [-0.2, -0.15) is 5.26 Å². The second-order valence-corrected chi connectivity index (χ2v) is 4.87. The maximum absolute atomic E-state index is 12.5. The quantitative estimate of drug-likeness (QED) is 0.836. The van der Waals surface area contributed by atoms with Crippen molar-refractivity contribution in [2.45, 2.75) is 19.5 Å². The fourth-order valence-corrected chi connectivity index (χ4v) is 2.63. The first-order valence-electron chi connectivity index (χ1n) is 6.41. The van der Waals surface area contributed by atoms with E-state index < -0.39 is 6.04 Å². The van der Waals surface area contributed by atoms with E-state index in [-0.39, 0.29) is 5.91 Å². The first-order valence-corrected chi connectivity index (χ1v) is 6.41. The molecule has 1 amide bonds. The molecular weight excluding hydrogens is 250 g/mol. The van der Waals surface area contributed by atoms with Crippen LogP contribution >= 0.6 is 0 Å². The van der Waals surface area contributed by atoms with Crippen LogP contribution in [-0.4, -0.2) is 15.8 Å². The zero-order chi connectivity index (χ0) is 14.1. The highest BCUT2D eigenvalue weighted by molar-refractivity contribution is 6.01. The lowest BCUT2D eigenvalue weighted by Crippen LogP contribution is -2.27. The molecule has 2 aromatic rings. The molecule has 1 aromatic carbocycles. The first kappa shape index (κ1) is 12.4. The van der Waals surface area contributed by atoms with Crippen molar-refractivity contribution in [3.05, 3.63) is 65.0 Å². The number of hydrogen-bond donors (Lipinski definition) is 0. The molecule has 3 rings (SSSR count). The second kappa shape index (κ2) is 4.78. The number of rotatable bonds is 2. The van der Waals surface area contributed by atoms with Crippen molar-refractivity contribution in [1.29, 1.82) is 5.26 Å². The third-order valence-electron chi connectivity index (χ3n) is 3.58. The summed E-state index contributed by atoms with van der Waals surface area (Å²) in [7, 11) is 0. The minimum atomic E-state index is -0.516. The molecule has 0 bridgehead atoms. The van der Waals surface area contributed by atoms with Crippen molar-refractivity contribution in [2.24, 2.45) is 0 Å². The number of benzene rings is 1. The molecule has 98 valence electrons. The zero-order valence-electron chi connectivity index (χ0n) is 11.1. The average molecular weight is 263 g/mol. The Morgan fingerprint density at radius 1 is 1.35 bits per heavy atom. The molecule has 0 saturated carbocycles. The van der Waals surface area contributed by atoms with Crippen molar-refractivity contribution in [3.8, 4) is 6.07 Å². The lowest BCUT2D eigenvalue weighted by molar-refractivity contribution is 0.0744. The highest BCUT2D eigenvalue weighted by Crippen LogP contribution is 2.35. The van der Waals surface area contributed by atoms with Gasteiger partial charge in [0.05, 0.1) is 6.07 Å². The molecule has 0 N–H and O–H groups in total. The topological polar surface area (TPSA) is 57.0 Å². The number of amides is 1. The lowest BCUT2D eigenvalue weighted by atomic mass is 10.0. The Hall–Kier alpha value is -2.67. The van der Waals surface area contributed by atoms with E-state index in [1.165, 1.54) is 0 Å². The molecule has 0 radical (unpaired) electrons. The number of carbonyl (C=O) groups excluding carboxylic acids is 1. The standard InChI is InChI=1S/C16H13N3O/c1-11-4-2-6-13-14(8-17)19(16(20)15(11)13)10-12-5-3-7-18-9-12/h2-7,9,14H,10H2,1H3. The summed E-state index contributed by atoms with van der Waals surface area (Å²) in [6, 6.07) is 11.1. The third kappa shape index (κ3) is 1.84. The normalized spacial score (nSPS) is 16.9. The highest BCUT2D eigenvalue weighted by Gasteiger charge is 2.37. The van der Waals surface area contributed by atoms with Crippen LogP contribution in [0.3, 0.4) is 0 Å². The molecule has 0 spiro atoms. The summed E-state index contributed by atoms with van der Waals surface area (Å²) >= 11 is 0. The Kier molecular flexibility index (Phi) is 2.96. The molecular formula is C16H13N3O. The van der Waals surface area contributed by atoms with Crippen LogP contribution in [-0.2, 0) is 6.54 Å². The van der Waals surface area contributed by atoms with Crippen molar-refractivity contribution in [3.63, 3.8) is 0 Å². The second-order valence-electron chi connectivity index (χ2n) is 4.87. The van der Waals surface area contributed by atoms with E-state index in [2.05, 4.69) is 11.1 Å². The van der Waals surface area contributed by atoms with Gasteiger partial charge in [0, 0.05) is 30.1 Å². The van der Waals surface area contributed by atoms with Crippen LogP contribution in [0.2, 0.25) is 0 Å². The Labute approximate surface area is 117 Å². The predicted molar refractivity (Wildman–Crippen MR) is 73.6 cm³/mol. The first-order chi connectivity index (χ1) is 9.72. The number of fused-ring (bicyclic) bond motifs is 1.